The summed E-state index contributed by atoms with van der Waals surface area (Å²) < 4.78 is 24.9. The van der Waals surface area contributed by atoms with Crippen molar-refractivity contribution in [3.8, 4) is 0 Å². The minimum Gasteiger partial charge on any atom is -0.464 e. The molecule has 8 nitrogen and oxygen atoms in total. The van der Waals surface area contributed by atoms with Gasteiger partial charge in [-0.1, -0.05) is 23.8 Å². The number of carbonyl (C=O) groups is 4. The van der Waals surface area contributed by atoms with Crippen LogP contribution in [-0.2, 0) is 41.5 Å². The number of nitrogens with one attached hydrogen (secondary N) is 1. The van der Waals surface area contributed by atoms with Crippen LogP contribution in [0, 0.1) is 11.7 Å². The number of carbonyl (C=O) groups excluding carboxylic acids is 4. The minimum atomic E-state index is -1.18. The molecule has 4 atom stereocenters. The van der Waals surface area contributed by atoms with Crippen LogP contribution in [0.4, 0.5) is 4.39 Å². The first-order valence-corrected chi connectivity index (χ1v) is 12.2. The number of fused-ring (bicyclic) bond motifs is 1. The van der Waals surface area contributed by atoms with Crippen molar-refractivity contribution in [3.63, 3.8) is 0 Å². The van der Waals surface area contributed by atoms with Crippen LogP contribution in [0.2, 0.25) is 0 Å². The molecule has 0 radical (unpaired) electrons. The molecule has 0 unspecified atom stereocenters. The number of aryl methyl sites for hydroxylation is 1. The number of hydrogen-bond donors (Lipinski definition) is 1. The molecule has 1 aromatic rings. The lowest BCUT2D eigenvalue weighted by molar-refractivity contribution is -0.150. The van der Waals surface area contributed by atoms with Gasteiger partial charge in [-0.05, 0) is 49.8 Å². The predicted octanol–water partition coefficient (Wildman–Crippen LogP) is 2.40. The largest absolute Gasteiger partial charge is 0.464 e. The maximum Gasteiger partial charge on any atom is 0.332 e. The number of benzene rings is 1. The Morgan fingerprint density at radius 1 is 1.28 bits per heavy atom. The summed E-state index contributed by atoms with van der Waals surface area (Å²) in [7, 11) is 0. The molecule has 192 valence electrons. The van der Waals surface area contributed by atoms with Gasteiger partial charge in [0.15, 0.2) is 0 Å². The van der Waals surface area contributed by atoms with Crippen LogP contribution >= 0.6 is 0 Å². The van der Waals surface area contributed by atoms with Gasteiger partial charge in [0, 0.05) is 25.3 Å². The van der Waals surface area contributed by atoms with Gasteiger partial charge in [0.05, 0.1) is 13.2 Å². The summed E-state index contributed by atoms with van der Waals surface area (Å²) in [6.07, 6.45) is 4.39. The molecule has 1 aromatic carbocycles. The molecule has 1 heterocycles. The highest BCUT2D eigenvalue weighted by molar-refractivity contribution is 5.95. The first kappa shape index (κ1) is 25.6. The van der Waals surface area contributed by atoms with Crippen LogP contribution in [0.3, 0.4) is 0 Å². The molecule has 0 spiro atoms. The molecule has 2 fully saturated rings. The summed E-state index contributed by atoms with van der Waals surface area (Å²) in [6.45, 7) is 6.98. The lowest BCUT2D eigenvalue weighted by Crippen LogP contribution is -2.53. The van der Waals surface area contributed by atoms with Gasteiger partial charge < -0.3 is 19.7 Å². The lowest BCUT2D eigenvalue weighted by atomic mass is 9.87. The summed E-state index contributed by atoms with van der Waals surface area (Å²) in [5.74, 6) is -2.50. The monoisotopic (exact) mass is 498 g/mol. The van der Waals surface area contributed by atoms with E-state index in [4.69, 9.17) is 9.47 Å². The van der Waals surface area contributed by atoms with Crippen LogP contribution in [0.5, 0.6) is 0 Å². The Morgan fingerprint density at radius 2 is 2.06 bits per heavy atom. The van der Waals surface area contributed by atoms with E-state index in [1.165, 1.54) is 24.0 Å². The van der Waals surface area contributed by atoms with Crippen molar-refractivity contribution in [2.75, 3.05) is 13.2 Å². The number of esters is 2. The topological polar surface area (TPSA) is 102 Å². The smallest absolute Gasteiger partial charge is 0.332 e. The molecule has 1 saturated carbocycles. The standard InChI is InChI=1S/C27H31FN2O6/c1-4-19-14-27(19,26(34)35-5-2)29-25(33)23-13-20(15-30(23)16(3)31)36-24(32)12-17-9-10-18-7-6-8-22(28)21(18)11-17/h4,6-8,12,19-20,23H,1,5,9-11,13-15H2,2-3H3,(H,29,33)/b17-12-/t19-,20-,23+,27-/m1/s1. The second-order valence-electron chi connectivity index (χ2n) is 9.57. The van der Waals surface area contributed by atoms with Crippen LogP contribution in [-0.4, -0.2) is 59.5 Å². The molecule has 1 aliphatic heterocycles. The van der Waals surface area contributed by atoms with E-state index in [0.29, 0.717) is 31.2 Å². The van der Waals surface area contributed by atoms with Crippen LogP contribution in [0.1, 0.15) is 44.2 Å². The van der Waals surface area contributed by atoms with Gasteiger partial charge in [0.25, 0.3) is 0 Å². The summed E-state index contributed by atoms with van der Waals surface area (Å²) in [6, 6.07) is 4.09. The third-order valence-corrected chi connectivity index (χ3v) is 7.19. The first-order chi connectivity index (χ1) is 17.2. The molecule has 2 aliphatic carbocycles. The van der Waals surface area contributed by atoms with E-state index in [-0.39, 0.29) is 37.2 Å². The van der Waals surface area contributed by atoms with Crippen molar-refractivity contribution in [2.24, 2.45) is 5.92 Å². The van der Waals surface area contributed by atoms with E-state index in [9.17, 15) is 23.6 Å². The summed E-state index contributed by atoms with van der Waals surface area (Å²) >= 11 is 0. The molecule has 2 amide bonds. The summed E-state index contributed by atoms with van der Waals surface area (Å²) in [5.41, 5.74) is 1.13. The van der Waals surface area contributed by atoms with Crippen LogP contribution in [0.15, 0.2) is 42.5 Å². The highest BCUT2D eigenvalue weighted by Crippen LogP contribution is 2.45. The Hall–Kier alpha value is -3.49. The Kier molecular flexibility index (Phi) is 7.28. The van der Waals surface area contributed by atoms with Gasteiger partial charge >= 0.3 is 11.9 Å². The zero-order valence-corrected chi connectivity index (χ0v) is 20.6. The van der Waals surface area contributed by atoms with Gasteiger partial charge in [-0.25, -0.2) is 14.0 Å². The number of ether oxygens (including phenoxy) is 2. The van der Waals surface area contributed by atoms with Crippen molar-refractivity contribution >= 4 is 23.8 Å². The molecule has 1 saturated heterocycles. The van der Waals surface area contributed by atoms with Gasteiger partial charge in [-0.3, -0.25) is 9.59 Å². The first-order valence-electron chi connectivity index (χ1n) is 12.2. The fourth-order valence-corrected chi connectivity index (χ4v) is 5.18. The quantitative estimate of drug-likeness (QED) is 0.352. The predicted molar refractivity (Wildman–Crippen MR) is 128 cm³/mol. The number of amides is 2. The molecule has 4 rings (SSSR count). The Bertz CT molecular complexity index is 1130. The Labute approximate surface area is 209 Å². The SMILES string of the molecule is C=C[C@@H]1C[C@]1(NC(=O)[C@@H]1C[C@@H](OC(=O)/C=C2/CCc3cccc(F)c3C2)CN1C(C)=O)C(=O)OCC. The Balaban J connectivity index is 1.40. The Morgan fingerprint density at radius 3 is 2.72 bits per heavy atom. The van der Waals surface area contributed by atoms with Crippen LogP contribution in [0.25, 0.3) is 0 Å². The second kappa shape index (κ2) is 10.2. The number of likely N-dealkylation sites (tertiary alicyclic amines) is 1. The maximum absolute atomic E-state index is 14.2. The number of allylic oxidation sites excluding steroid dienone is 1. The molecule has 36 heavy (non-hydrogen) atoms. The van der Waals surface area contributed by atoms with Gasteiger partial charge in [0.2, 0.25) is 11.8 Å². The highest BCUT2D eigenvalue weighted by atomic mass is 19.1. The molecule has 0 aromatic heterocycles. The average molecular weight is 499 g/mol. The second-order valence-corrected chi connectivity index (χ2v) is 9.57. The zero-order valence-electron chi connectivity index (χ0n) is 20.6. The number of rotatable bonds is 7. The maximum atomic E-state index is 14.2. The van der Waals surface area contributed by atoms with E-state index in [2.05, 4.69) is 11.9 Å². The lowest BCUT2D eigenvalue weighted by Gasteiger charge is -2.25. The van der Waals surface area contributed by atoms with Crippen molar-refractivity contribution in [1.82, 2.24) is 10.2 Å². The van der Waals surface area contributed by atoms with Crippen molar-refractivity contribution < 1.29 is 33.0 Å². The molecule has 3 aliphatic rings. The van der Waals surface area contributed by atoms with E-state index in [0.717, 1.165) is 11.1 Å². The van der Waals surface area contributed by atoms with Crippen molar-refractivity contribution in [1.29, 1.82) is 0 Å². The van der Waals surface area contributed by atoms with Crippen molar-refractivity contribution in [3.05, 3.63) is 59.4 Å². The fraction of sp³-hybridized carbons (Fsp3) is 0.481. The molecule has 0 bridgehead atoms. The number of halogens is 1. The molecule has 9 heteroatoms. The van der Waals surface area contributed by atoms with Gasteiger partial charge in [-0.2, -0.15) is 0 Å². The molecular weight excluding hydrogens is 467 g/mol. The average Bonchev–Trinajstić information content (AvgIpc) is 3.39. The highest BCUT2D eigenvalue weighted by Gasteiger charge is 2.62. The molecular formula is C27H31FN2O6. The normalized spacial score (nSPS) is 27.7. The van der Waals surface area contributed by atoms with Crippen molar-refractivity contribution in [2.45, 2.75) is 63.6 Å². The van der Waals surface area contributed by atoms with Gasteiger partial charge in [0.1, 0.15) is 23.5 Å². The summed E-state index contributed by atoms with van der Waals surface area (Å²) in [4.78, 5) is 51.9. The number of hydrogen-bond acceptors (Lipinski definition) is 6. The minimum absolute atomic E-state index is 0.0666. The third-order valence-electron chi connectivity index (χ3n) is 7.19. The van der Waals surface area contributed by atoms with E-state index in [1.54, 1.807) is 19.1 Å². The van der Waals surface area contributed by atoms with E-state index >= 15 is 0 Å². The van der Waals surface area contributed by atoms with E-state index in [1.807, 2.05) is 6.07 Å². The van der Waals surface area contributed by atoms with Gasteiger partial charge in [-0.15, -0.1) is 6.58 Å². The number of nitrogens with zero attached hydrogens (tertiary/aromatic N) is 1. The molecule has 1 N–H and O–H groups in total. The third kappa shape index (κ3) is 5.05. The summed E-state index contributed by atoms with van der Waals surface area (Å²) in [5, 5.41) is 2.77. The fourth-order valence-electron chi connectivity index (χ4n) is 5.18. The zero-order chi connectivity index (χ0) is 26.0. The van der Waals surface area contributed by atoms with Crippen LogP contribution < -0.4 is 5.32 Å². The van der Waals surface area contributed by atoms with E-state index < -0.39 is 35.5 Å².